The predicted octanol–water partition coefficient (Wildman–Crippen LogP) is 1.88. The number of nitrogens with zero attached hydrogens (tertiary/aromatic N) is 1. The van der Waals surface area contributed by atoms with Gasteiger partial charge in [-0.05, 0) is 57.7 Å². The van der Waals surface area contributed by atoms with Crippen LogP contribution < -0.4 is 5.32 Å². The Morgan fingerprint density at radius 2 is 2.12 bits per heavy atom. The normalized spacial score (nSPS) is 31.4. The lowest BCUT2D eigenvalue weighted by atomic mass is 9.97. The van der Waals surface area contributed by atoms with Gasteiger partial charge in [0, 0.05) is 25.8 Å². The molecule has 2 heterocycles. The van der Waals surface area contributed by atoms with Gasteiger partial charge < -0.3 is 15.0 Å². The fourth-order valence-electron chi connectivity index (χ4n) is 3.20. The number of hydrogen-bond donors (Lipinski definition) is 1. The molecule has 0 aromatic carbocycles. The van der Waals surface area contributed by atoms with Gasteiger partial charge in [0.15, 0.2) is 0 Å². The molecule has 0 aromatic rings. The molecule has 2 saturated heterocycles. The van der Waals surface area contributed by atoms with Gasteiger partial charge in [0.25, 0.3) is 0 Å². The van der Waals surface area contributed by atoms with Crippen molar-refractivity contribution in [1.29, 1.82) is 0 Å². The van der Waals surface area contributed by atoms with Gasteiger partial charge in [-0.25, -0.2) is 0 Å². The summed E-state index contributed by atoms with van der Waals surface area (Å²) in [6, 6.07) is 0.768. The van der Waals surface area contributed by atoms with Gasteiger partial charge in [-0.1, -0.05) is 6.92 Å². The number of nitrogens with one attached hydrogen (secondary N) is 1. The van der Waals surface area contributed by atoms with Crippen molar-refractivity contribution >= 4 is 0 Å². The zero-order chi connectivity index (χ0) is 11.9. The molecule has 2 fully saturated rings. The highest BCUT2D eigenvalue weighted by molar-refractivity contribution is 4.78. The Labute approximate surface area is 106 Å². The predicted molar refractivity (Wildman–Crippen MR) is 71.3 cm³/mol. The molecule has 2 aliphatic rings. The average Bonchev–Trinajstić information content (AvgIpc) is 2.66. The zero-order valence-electron chi connectivity index (χ0n) is 11.3. The van der Waals surface area contributed by atoms with E-state index in [0.29, 0.717) is 0 Å². The van der Waals surface area contributed by atoms with Crippen LogP contribution in [0.4, 0.5) is 0 Å². The smallest absolute Gasteiger partial charge is 0.0480 e. The molecule has 0 saturated carbocycles. The second-order valence-electron chi connectivity index (χ2n) is 5.50. The molecule has 2 unspecified atom stereocenters. The molecule has 0 aliphatic carbocycles. The van der Waals surface area contributed by atoms with Crippen molar-refractivity contribution in [3.8, 4) is 0 Å². The van der Waals surface area contributed by atoms with E-state index in [2.05, 4.69) is 17.1 Å². The fraction of sp³-hybridized carbons (Fsp3) is 1.00. The lowest BCUT2D eigenvalue weighted by Crippen LogP contribution is -2.43. The maximum atomic E-state index is 5.57. The quantitative estimate of drug-likeness (QED) is 0.812. The van der Waals surface area contributed by atoms with E-state index in [1.165, 1.54) is 58.3 Å². The highest BCUT2D eigenvalue weighted by atomic mass is 16.5. The summed E-state index contributed by atoms with van der Waals surface area (Å²) in [5.41, 5.74) is 0. The standard InChI is InChI=1S/C14H28N2O/c1-2-16(12-13-5-3-8-15-11-13)14-6-4-9-17-10-7-14/h13-15H,2-12H2,1H3. The van der Waals surface area contributed by atoms with Crippen molar-refractivity contribution in [1.82, 2.24) is 10.2 Å². The Bertz CT molecular complexity index is 196. The Morgan fingerprint density at radius 3 is 2.88 bits per heavy atom. The lowest BCUT2D eigenvalue weighted by Gasteiger charge is -2.34. The Hall–Kier alpha value is -0.120. The highest BCUT2D eigenvalue weighted by Gasteiger charge is 2.22. The van der Waals surface area contributed by atoms with E-state index in [-0.39, 0.29) is 0 Å². The van der Waals surface area contributed by atoms with E-state index >= 15 is 0 Å². The van der Waals surface area contributed by atoms with Crippen LogP contribution in [0.15, 0.2) is 0 Å². The highest BCUT2D eigenvalue weighted by Crippen LogP contribution is 2.19. The van der Waals surface area contributed by atoms with Crippen LogP contribution in [0.25, 0.3) is 0 Å². The third kappa shape index (κ3) is 4.23. The molecule has 100 valence electrons. The summed E-state index contributed by atoms with van der Waals surface area (Å²) in [6.45, 7) is 9.17. The first kappa shape index (κ1) is 13.3. The van der Waals surface area contributed by atoms with Crippen LogP contribution in [0.3, 0.4) is 0 Å². The molecule has 3 heteroatoms. The molecule has 2 aliphatic heterocycles. The molecule has 2 atom stereocenters. The minimum absolute atomic E-state index is 0.768. The fourth-order valence-corrected chi connectivity index (χ4v) is 3.20. The lowest BCUT2D eigenvalue weighted by molar-refractivity contribution is 0.120. The van der Waals surface area contributed by atoms with Gasteiger partial charge in [0.05, 0.1) is 0 Å². The van der Waals surface area contributed by atoms with Gasteiger partial charge >= 0.3 is 0 Å². The number of piperidine rings is 1. The topological polar surface area (TPSA) is 24.5 Å². The zero-order valence-corrected chi connectivity index (χ0v) is 11.3. The Kier molecular flexibility index (Phi) is 5.75. The molecule has 0 bridgehead atoms. The number of ether oxygens (including phenoxy) is 1. The summed E-state index contributed by atoms with van der Waals surface area (Å²) in [6.07, 6.45) is 6.56. The molecule has 0 aromatic heterocycles. The van der Waals surface area contributed by atoms with Gasteiger partial charge in [-0.2, -0.15) is 0 Å². The maximum Gasteiger partial charge on any atom is 0.0480 e. The molecular formula is C14H28N2O. The molecule has 3 nitrogen and oxygen atoms in total. The molecule has 2 rings (SSSR count). The van der Waals surface area contributed by atoms with Gasteiger partial charge in [0.1, 0.15) is 0 Å². The monoisotopic (exact) mass is 240 g/mol. The molecular weight excluding hydrogens is 212 g/mol. The largest absolute Gasteiger partial charge is 0.381 e. The van der Waals surface area contributed by atoms with Gasteiger partial charge in [-0.15, -0.1) is 0 Å². The Balaban J connectivity index is 1.81. The molecule has 0 spiro atoms. The first-order valence-electron chi connectivity index (χ1n) is 7.42. The second kappa shape index (κ2) is 7.34. The Morgan fingerprint density at radius 1 is 1.18 bits per heavy atom. The van der Waals surface area contributed by atoms with E-state index in [0.717, 1.165) is 25.2 Å². The van der Waals surface area contributed by atoms with Crippen LogP contribution in [0.1, 0.15) is 39.0 Å². The van der Waals surface area contributed by atoms with Crippen molar-refractivity contribution in [3.05, 3.63) is 0 Å². The third-order valence-corrected chi connectivity index (χ3v) is 4.24. The maximum absolute atomic E-state index is 5.57. The minimum atomic E-state index is 0.768. The number of rotatable bonds is 4. The van der Waals surface area contributed by atoms with Crippen LogP contribution in [-0.4, -0.2) is 50.3 Å². The van der Waals surface area contributed by atoms with Crippen molar-refractivity contribution < 1.29 is 4.74 Å². The van der Waals surface area contributed by atoms with E-state index in [9.17, 15) is 0 Å². The summed E-state index contributed by atoms with van der Waals surface area (Å²) in [7, 11) is 0. The van der Waals surface area contributed by atoms with Gasteiger partial charge in [-0.3, -0.25) is 0 Å². The molecule has 0 amide bonds. The van der Waals surface area contributed by atoms with Crippen molar-refractivity contribution in [2.24, 2.45) is 5.92 Å². The number of hydrogen-bond acceptors (Lipinski definition) is 3. The summed E-state index contributed by atoms with van der Waals surface area (Å²) in [4.78, 5) is 2.70. The van der Waals surface area contributed by atoms with Gasteiger partial charge in [0.2, 0.25) is 0 Å². The minimum Gasteiger partial charge on any atom is -0.381 e. The van der Waals surface area contributed by atoms with Crippen LogP contribution in [0.2, 0.25) is 0 Å². The summed E-state index contributed by atoms with van der Waals surface area (Å²) >= 11 is 0. The van der Waals surface area contributed by atoms with E-state index in [1.807, 2.05) is 0 Å². The van der Waals surface area contributed by atoms with Crippen LogP contribution in [0, 0.1) is 5.92 Å². The average molecular weight is 240 g/mol. The molecule has 17 heavy (non-hydrogen) atoms. The SMILES string of the molecule is CCN(CC1CCCNC1)C1CCCOCC1. The third-order valence-electron chi connectivity index (χ3n) is 4.24. The van der Waals surface area contributed by atoms with E-state index in [4.69, 9.17) is 4.74 Å². The van der Waals surface area contributed by atoms with E-state index in [1.54, 1.807) is 0 Å². The van der Waals surface area contributed by atoms with Crippen molar-refractivity contribution in [3.63, 3.8) is 0 Å². The summed E-state index contributed by atoms with van der Waals surface area (Å²) in [5, 5.41) is 3.53. The first-order chi connectivity index (χ1) is 8.40. The van der Waals surface area contributed by atoms with Crippen LogP contribution >= 0.6 is 0 Å². The molecule has 1 N–H and O–H groups in total. The van der Waals surface area contributed by atoms with Crippen LogP contribution in [-0.2, 0) is 4.74 Å². The summed E-state index contributed by atoms with van der Waals surface area (Å²) < 4.78 is 5.57. The van der Waals surface area contributed by atoms with Crippen molar-refractivity contribution in [2.45, 2.75) is 45.1 Å². The first-order valence-corrected chi connectivity index (χ1v) is 7.42. The van der Waals surface area contributed by atoms with Crippen molar-refractivity contribution in [2.75, 3.05) is 39.4 Å². The molecule has 0 radical (unpaired) electrons. The van der Waals surface area contributed by atoms with Crippen LogP contribution in [0.5, 0.6) is 0 Å². The second-order valence-corrected chi connectivity index (χ2v) is 5.50. The summed E-state index contributed by atoms with van der Waals surface area (Å²) in [5.74, 6) is 0.868. The van der Waals surface area contributed by atoms with E-state index < -0.39 is 0 Å².